The Labute approximate surface area is 131 Å². The van der Waals surface area contributed by atoms with Gasteiger partial charge in [0.05, 0.1) is 12.7 Å². The topological polar surface area (TPSA) is 55.8 Å². The molecule has 0 unspecified atom stereocenters. The van der Waals surface area contributed by atoms with Crippen LogP contribution in [0.25, 0.3) is 0 Å². The molecule has 0 amide bonds. The molecule has 2 aromatic carbocycles. The summed E-state index contributed by atoms with van der Waals surface area (Å²) in [7, 11) is 1.55. The van der Waals surface area contributed by atoms with Gasteiger partial charge < -0.3 is 14.6 Å². The summed E-state index contributed by atoms with van der Waals surface area (Å²) in [5.41, 5.74) is 1.91. The molecule has 0 saturated carbocycles. The Morgan fingerprint density at radius 3 is 2.62 bits per heavy atom. The second-order valence-corrected chi connectivity index (χ2v) is 5.45. The van der Waals surface area contributed by atoms with Crippen LogP contribution < -0.4 is 9.47 Å². The zero-order valence-corrected chi connectivity index (χ0v) is 13.3. The lowest BCUT2D eigenvalue weighted by atomic mass is 10.1. The van der Waals surface area contributed by atoms with Crippen LogP contribution >= 0.6 is 15.9 Å². The molecule has 4 nitrogen and oxygen atoms in total. The van der Waals surface area contributed by atoms with E-state index in [9.17, 15) is 4.79 Å². The number of hydrogen-bond acceptors (Lipinski definition) is 3. The van der Waals surface area contributed by atoms with Crippen LogP contribution in [-0.4, -0.2) is 18.2 Å². The van der Waals surface area contributed by atoms with Crippen molar-refractivity contribution in [2.24, 2.45) is 0 Å². The molecule has 5 heteroatoms. The molecule has 1 N–H and O–H groups in total. The van der Waals surface area contributed by atoms with Gasteiger partial charge in [-0.3, -0.25) is 0 Å². The highest BCUT2D eigenvalue weighted by atomic mass is 79.9. The number of benzene rings is 2. The highest BCUT2D eigenvalue weighted by Crippen LogP contribution is 2.26. The van der Waals surface area contributed by atoms with Crippen molar-refractivity contribution in [3.05, 3.63) is 57.6 Å². The number of methoxy groups -OCH3 is 1. The molecule has 0 radical (unpaired) electrons. The fourth-order valence-electron chi connectivity index (χ4n) is 1.91. The second-order valence-electron chi connectivity index (χ2n) is 4.53. The van der Waals surface area contributed by atoms with Crippen molar-refractivity contribution in [1.82, 2.24) is 0 Å². The lowest BCUT2D eigenvalue weighted by Crippen LogP contribution is -2.03. The highest BCUT2D eigenvalue weighted by molar-refractivity contribution is 9.10. The molecule has 0 aromatic heterocycles. The monoisotopic (exact) mass is 350 g/mol. The van der Waals surface area contributed by atoms with Gasteiger partial charge in [-0.1, -0.05) is 22.0 Å². The summed E-state index contributed by atoms with van der Waals surface area (Å²) in [6.07, 6.45) is 0. The number of carbonyl (C=O) groups is 1. The van der Waals surface area contributed by atoms with E-state index < -0.39 is 5.97 Å². The number of aryl methyl sites for hydroxylation is 1. The Hall–Kier alpha value is -2.01. The minimum absolute atomic E-state index is 0.209. The lowest BCUT2D eigenvalue weighted by molar-refractivity contribution is 0.0696. The zero-order chi connectivity index (χ0) is 15.4. The summed E-state index contributed by atoms with van der Waals surface area (Å²) in [4.78, 5) is 11.0. The Bertz CT molecular complexity index is 667. The van der Waals surface area contributed by atoms with Gasteiger partial charge in [-0.25, -0.2) is 4.79 Å². The molecule has 0 atom stereocenters. The molecule has 2 rings (SSSR count). The van der Waals surface area contributed by atoms with Crippen LogP contribution in [0.15, 0.2) is 40.9 Å². The fraction of sp³-hybridized carbons (Fsp3) is 0.188. The molecule has 21 heavy (non-hydrogen) atoms. The van der Waals surface area contributed by atoms with Gasteiger partial charge in [0.1, 0.15) is 18.1 Å². The second kappa shape index (κ2) is 6.63. The van der Waals surface area contributed by atoms with Crippen LogP contribution in [-0.2, 0) is 6.61 Å². The molecule has 0 aliphatic carbocycles. The average Bonchev–Trinajstić information content (AvgIpc) is 2.47. The molecule has 0 bridgehead atoms. The highest BCUT2D eigenvalue weighted by Gasteiger charge is 2.10. The molecule has 0 fully saturated rings. The normalized spacial score (nSPS) is 10.2. The molecule has 0 aliphatic heterocycles. The quantitative estimate of drug-likeness (QED) is 0.883. The predicted molar refractivity (Wildman–Crippen MR) is 83.2 cm³/mol. The zero-order valence-electron chi connectivity index (χ0n) is 11.7. The fourth-order valence-corrected chi connectivity index (χ4v) is 2.25. The first kappa shape index (κ1) is 15.4. The van der Waals surface area contributed by atoms with Crippen molar-refractivity contribution in [2.45, 2.75) is 13.5 Å². The van der Waals surface area contributed by atoms with E-state index in [1.54, 1.807) is 19.2 Å². The van der Waals surface area contributed by atoms with E-state index in [2.05, 4.69) is 15.9 Å². The number of halogens is 1. The summed E-state index contributed by atoms with van der Waals surface area (Å²) in [5.74, 6) is 0.373. The molecule has 0 aliphatic rings. The number of aromatic carboxylic acids is 1. The van der Waals surface area contributed by atoms with Gasteiger partial charge in [0.25, 0.3) is 0 Å². The van der Waals surface area contributed by atoms with Crippen LogP contribution in [0.4, 0.5) is 0 Å². The van der Waals surface area contributed by atoms with Gasteiger partial charge >= 0.3 is 5.97 Å². The van der Waals surface area contributed by atoms with Crippen LogP contribution in [0.3, 0.4) is 0 Å². The van der Waals surface area contributed by atoms with Crippen molar-refractivity contribution in [3.63, 3.8) is 0 Å². The van der Waals surface area contributed by atoms with Crippen LogP contribution in [0, 0.1) is 6.92 Å². The van der Waals surface area contributed by atoms with Gasteiger partial charge in [0.2, 0.25) is 0 Å². The minimum Gasteiger partial charge on any atom is -0.496 e. The van der Waals surface area contributed by atoms with Crippen LogP contribution in [0.2, 0.25) is 0 Å². The van der Waals surface area contributed by atoms with Gasteiger partial charge in [-0.2, -0.15) is 0 Å². The Morgan fingerprint density at radius 2 is 1.95 bits per heavy atom. The number of carboxylic acids is 1. The van der Waals surface area contributed by atoms with Crippen molar-refractivity contribution >= 4 is 21.9 Å². The van der Waals surface area contributed by atoms with Gasteiger partial charge in [0, 0.05) is 10.0 Å². The Kier molecular flexibility index (Phi) is 4.85. The number of hydrogen-bond donors (Lipinski definition) is 1. The minimum atomic E-state index is -0.975. The molecule has 0 saturated heterocycles. The van der Waals surface area contributed by atoms with E-state index >= 15 is 0 Å². The maximum Gasteiger partial charge on any atom is 0.335 e. The average molecular weight is 351 g/mol. The SMILES string of the molecule is COc1ccc(C(=O)O)cc1COc1cc(Br)ccc1C. The first-order chi connectivity index (χ1) is 10.0. The number of ether oxygens (including phenoxy) is 2. The maximum atomic E-state index is 11.0. The predicted octanol–water partition coefficient (Wildman–Crippen LogP) is 4.04. The van der Waals surface area contributed by atoms with Gasteiger partial charge in [-0.15, -0.1) is 0 Å². The molecular formula is C16H15BrO4. The Balaban J connectivity index is 2.24. The first-order valence-electron chi connectivity index (χ1n) is 6.30. The third-order valence-electron chi connectivity index (χ3n) is 3.06. The van der Waals surface area contributed by atoms with Crippen molar-refractivity contribution in [3.8, 4) is 11.5 Å². The van der Waals surface area contributed by atoms with Crippen molar-refractivity contribution in [2.75, 3.05) is 7.11 Å². The Morgan fingerprint density at radius 1 is 1.19 bits per heavy atom. The third-order valence-corrected chi connectivity index (χ3v) is 3.55. The van der Waals surface area contributed by atoms with E-state index in [0.717, 1.165) is 15.8 Å². The standard InChI is InChI=1S/C16H15BrO4/c1-10-3-5-13(17)8-15(10)21-9-12-7-11(16(18)19)4-6-14(12)20-2/h3-8H,9H2,1-2H3,(H,18,19). The summed E-state index contributed by atoms with van der Waals surface area (Å²) in [6, 6.07) is 10.5. The molecule has 110 valence electrons. The summed E-state index contributed by atoms with van der Waals surface area (Å²) in [5, 5.41) is 9.05. The molecule has 0 spiro atoms. The van der Waals surface area contributed by atoms with Crippen LogP contribution in [0.5, 0.6) is 11.5 Å². The number of carboxylic acid groups (broad SMARTS) is 1. The molecular weight excluding hydrogens is 336 g/mol. The number of rotatable bonds is 5. The largest absolute Gasteiger partial charge is 0.496 e. The van der Waals surface area contributed by atoms with E-state index in [1.165, 1.54) is 6.07 Å². The lowest BCUT2D eigenvalue weighted by Gasteiger charge is -2.13. The van der Waals surface area contributed by atoms with Crippen molar-refractivity contribution in [1.29, 1.82) is 0 Å². The van der Waals surface area contributed by atoms with Crippen LogP contribution in [0.1, 0.15) is 21.5 Å². The maximum absolute atomic E-state index is 11.0. The molecule has 0 heterocycles. The van der Waals surface area contributed by atoms with Crippen molar-refractivity contribution < 1.29 is 19.4 Å². The third kappa shape index (κ3) is 3.76. The summed E-state index contributed by atoms with van der Waals surface area (Å²) >= 11 is 3.40. The van der Waals surface area contributed by atoms with E-state index in [1.807, 2.05) is 25.1 Å². The van der Waals surface area contributed by atoms with E-state index in [-0.39, 0.29) is 12.2 Å². The van der Waals surface area contributed by atoms with E-state index in [0.29, 0.717) is 11.3 Å². The summed E-state index contributed by atoms with van der Waals surface area (Å²) < 4.78 is 11.9. The van der Waals surface area contributed by atoms with Gasteiger partial charge in [0.15, 0.2) is 0 Å². The first-order valence-corrected chi connectivity index (χ1v) is 7.09. The molecule has 2 aromatic rings. The smallest absolute Gasteiger partial charge is 0.335 e. The van der Waals surface area contributed by atoms with E-state index in [4.69, 9.17) is 14.6 Å². The summed E-state index contributed by atoms with van der Waals surface area (Å²) in [6.45, 7) is 2.19. The van der Waals surface area contributed by atoms with Gasteiger partial charge in [-0.05, 0) is 42.8 Å².